The molecule has 1 atom stereocenters. The van der Waals surface area contributed by atoms with Gasteiger partial charge in [0.05, 0.1) is 18.7 Å². The van der Waals surface area contributed by atoms with Gasteiger partial charge in [-0.3, -0.25) is 4.79 Å². The van der Waals surface area contributed by atoms with E-state index in [1.54, 1.807) is 30.8 Å². The summed E-state index contributed by atoms with van der Waals surface area (Å²) in [7, 11) is 3.08. The van der Waals surface area contributed by atoms with Gasteiger partial charge in [-0.2, -0.15) is 5.26 Å². The van der Waals surface area contributed by atoms with E-state index in [0.29, 0.717) is 16.8 Å². The highest BCUT2D eigenvalue weighted by molar-refractivity contribution is 5.93. The van der Waals surface area contributed by atoms with Crippen LogP contribution in [0.3, 0.4) is 0 Å². The summed E-state index contributed by atoms with van der Waals surface area (Å²) in [4.78, 5) is 12.2. The van der Waals surface area contributed by atoms with E-state index in [2.05, 4.69) is 5.32 Å². The Balaban J connectivity index is 2.16. The number of ether oxygens (including phenoxy) is 1. The molecule has 0 unspecified atom stereocenters. The normalized spacial score (nSPS) is 11.6. The molecule has 5 nitrogen and oxygen atoms in total. The van der Waals surface area contributed by atoms with Gasteiger partial charge in [0.15, 0.2) is 11.6 Å². The Morgan fingerprint density at radius 1 is 1.45 bits per heavy atom. The van der Waals surface area contributed by atoms with Gasteiger partial charge in [0.1, 0.15) is 11.8 Å². The molecule has 2 aromatic rings. The number of aromatic nitrogens is 1. The van der Waals surface area contributed by atoms with Crippen molar-refractivity contribution < 1.29 is 13.9 Å². The first-order valence-corrected chi connectivity index (χ1v) is 6.67. The fourth-order valence-electron chi connectivity index (χ4n) is 2.16. The molecular formula is C16H16FN3O2. The van der Waals surface area contributed by atoms with Crippen LogP contribution >= 0.6 is 0 Å². The number of nitrogens with one attached hydrogen (secondary N) is 1. The quantitative estimate of drug-likeness (QED) is 0.943. The van der Waals surface area contributed by atoms with E-state index in [4.69, 9.17) is 10.00 Å². The third-order valence-corrected chi connectivity index (χ3v) is 3.39. The second kappa shape index (κ2) is 6.31. The Labute approximate surface area is 127 Å². The molecule has 1 aromatic carbocycles. The summed E-state index contributed by atoms with van der Waals surface area (Å²) in [5, 5.41) is 11.6. The summed E-state index contributed by atoms with van der Waals surface area (Å²) >= 11 is 0. The molecule has 0 aliphatic rings. The smallest absolute Gasteiger partial charge is 0.268 e. The molecule has 22 heavy (non-hydrogen) atoms. The summed E-state index contributed by atoms with van der Waals surface area (Å²) in [6.45, 7) is 1.76. The zero-order valence-corrected chi connectivity index (χ0v) is 12.6. The maximum absolute atomic E-state index is 13.7. The summed E-state index contributed by atoms with van der Waals surface area (Å²) in [5.74, 6) is -0.650. The Kier molecular flexibility index (Phi) is 4.47. The van der Waals surface area contributed by atoms with Gasteiger partial charge in [-0.25, -0.2) is 4.39 Å². The minimum atomic E-state index is -0.480. The number of halogens is 1. The Bertz CT molecular complexity index is 746. The van der Waals surface area contributed by atoms with Crippen LogP contribution < -0.4 is 10.1 Å². The molecule has 0 spiro atoms. The first-order chi connectivity index (χ1) is 10.5. The molecule has 0 saturated carbocycles. The van der Waals surface area contributed by atoms with Crippen LogP contribution in [0.15, 0.2) is 30.5 Å². The summed E-state index contributed by atoms with van der Waals surface area (Å²) in [6, 6.07) is 7.65. The van der Waals surface area contributed by atoms with Gasteiger partial charge in [-0.1, -0.05) is 6.07 Å². The average molecular weight is 301 g/mol. The highest BCUT2D eigenvalue weighted by atomic mass is 19.1. The standard InChI is InChI=1S/C16H16FN3O2/c1-10(12-4-5-15(22-3)13(17)7-12)19-16(21)14-6-11(8-18)9-20(14)2/h4-7,9-10H,1-3H3,(H,19,21)/t10-/m0/s1. The number of benzene rings is 1. The van der Waals surface area contributed by atoms with E-state index in [1.165, 1.54) is 25.3 Å². The van der Waals surface area contributed by atoms with E-state index in [9.17, 15) is 9.18 Å². The third-order valence-electron chi connectivity index (χ3n) is 3.39. The number of hydrogen-bond donors (Lipinski definition) is 1. The topological polar surface area (TPSA) is 67.0 Å². The van der Waals surface area contributed by atoms with Gasteiger partial charge in [0, 0.05) is 13.2 Å². The molecule has 6 heteroatoms. The Hall–Kier alpha value is -2.81. The van der Waals surface area contributed by atoms with Crippen molar-refractivity contribution in [2.75, 3.05) is 7.11 Å². The SMILES string of the molecule is COc1ccc([C@H](C)NC(=O)c2cc(C#N)cn2C)cc1F. The molecule has 0 aliphatic heterocycles. The van der Waals surface area contributed by atoms with Crippen molar-refractivity contribution in [1.29, 1.82) is 5.26 Å². The van der Waals surface area contributed by atoms with Crippen LogP contribution in [0, 0.1) is 17.1 Å². The van der Waals surface area contributed by atoms with Crippen LogP contribution in [0.4, 0.5) is 4.39 Å². The first-order valence-electron chi connectivity index (χ1n) is 6.67. The minimum Gasteiger partial charge on any atom is -0.494 e. The first kappa shape index (κ1) is 15.6. The largest absolute Gasteiger partial charge is 0.494 e. The van der Waals surface area contributed by atoms with Crippen molar-refractivity contribution in [1.82, 2.24) is 9.88 Å². The maximum Gasteiger partial charge on any atom is 0.268 e. The van der Waals surface area contributed by atoms with E-state index in [1.807, 2.05) is 6.07 Å². The van der Waals surface area contributed by atoms with Crippen LogP contribution in [-0.2, 0) is 7.05 Å². The highest BCUT2D eigenvalue weighted by Gasteiger charge is 2.16. The van der Waals surface area contributed by atoms with Crippen LogP contribution in [0.25, 0.3) is 0 Å². The molecule has 2 rings (SSSR count). The lowest BCUT2D eigenvalue weighted by Crippen LogP contribution is -2.28. The monoisotopic (exact) mass is 301 g/mol. The van der Waals surface area contributed by atoms with Crippen molar-refractivity contribution in [3.8, 4) is 11.8 Å². The number of nitrogens with zero attached hydrogens (tertiary/aromatic N) is 2. The van der Waals surface area contributed by atoms with Crippen molar-refractivity contribution in [3.63, 3.8) is 0 Å². The zero-order chi connectivity index (χ0) is 16.3. The van der Waals surface area contributed by atoms with Crippen molar-refractivity contribution in [3.05, 3.63) is 53.1 Å². The van der Waals surface area contributed by atoms with Crippen LogP contribution in [0.1, 0.15) is 34.6 Å². The van der Waals surface area contributed by atoms with E-state index in [-0.39, 0.29) is 17.7 Å². The van der Waals surface area contributed by atoms with E-state index in [0.717, 1.165) is 0 Å². The van der Waals surface area contributed by atoms with Gasteiger partial charge in [-0.05, 0) is 30.7 Å². The van der Waals surface area contributed by atoms with Gasteiger partial charge in [0.25, 0.3) is 5.91 Å². The lowest BCUT2D eigenvalue weighted by molar-refractivity contribution is 0.0931. The number of methoxy groups -OCH3 is 1. The van der Waals surface area contributed by atoms with Gasteiger partial charge in [0.2, 0.25) is 0 Å². The van der Waals surface area contributed by atoms with Gasteiger partial charge < -0.3 is 14.6 Å². The summed E-state index contributed by atoms with van der Waals surface area (Å²) in [5.41, 5.74) is 1.41. The lowest BCUT2D eigenvalue weighted by atomic mass is 10.1. The van der Waals surface area contributed by atoms with E-state index < -0.39 is 5.82 Å². The molecule has 1 N–H and O–H groups in total. The van der Waals surface area contributed by atoms with Crippen molar-refractivity contribution >= 4 is 5.91 Å². The summed E-state index contributed by atoms with van der Waals surface area (Å²) in [6.07, 6.45) is 1.58. The number of nitriles is 1. The van der Waals surface area contributed by atoms with Crippen LogP contribution in [-0.4, -0.2) is 17.6 Å². The molecule has 0 radical (unpaired) electrons. The molecular weight excluding hydrogens is 285 g/mol. The zero-order valence-electron chi connectivity index (χ0n) is 12.6. The Morgan fingerprint density at radius 3 is 2.73 bits per heavy atom. The fraction of sp³-hybridized carbons (Fsp3) is 0.250. The number of carbonyl (C=O) groups excluding carboxylic acids is 1. The lowest BCUT2D eigenvalue weighted by Gasteiger charge is -2.15. The molecule has 0 fully saturated rings. The fourth-order valence-corrected chi connectivity index (χ4v) is 2.16. The summed E-state index contributed by atoms with van der Waals surface area (Å²) < 4.78 is 20.1. The molecule has 1 amide bonds. The molecule has 0 bridgehead atoms. The molecule has 1 heterocycles. The predicted molar refractivity (Wildman–Crippen MR) is 79.0 cm³/mol. The number of rotatable bonds is 4. The predicted octanol–water partition coefficient (Wildman–Crippen LogP) is 2.54. The van der Waals surface area contributed by atoms with Gasteiger partial charge in [-0.15, -0.1) is 0 Å². The van der Waals surface area contributed by atoms with Crippen LogP contribution in [0.5, 0.6) is 5.75 Å². The third kappa shape index (κ3) is 3.09. The van der Waals surface area contributed by atoms with Gasteiger partial charge >= 0.3 is 0 Å². The highest BCUT2D eigenvalue weighted by Crippen LogP contribution is 2.22. The molecule has 114 valence electrons. The second-order valence-electron chi connectivity index (χ2n) is 4.93. The van der Waals surface area contributed by atoms with Crippen LogP contribution in [0.2, 0.25) is 0 Å². The minimum absolute atomic E-state index is 0.156. The molecule has 1 aromatic heterocycles. The Morgan fingerprint density at radius 2 is 2.18 bits per heavy atom. The van der Waals surface area contributed by atoms with Crippen molar-refractivity contribution in [2.45, 2.75) is 13.0 Å². The van der Waals surface area contributed by atoms with E-state index >= 15 is 0 Å². The average Bonchev–Trinajstić information content (AvgIpc) is 2.88. The molecule has 0 saturated heterocycles. The number of aryl methyl sites for hydroxylation is 1. The number of carbonyl (C=O) groups is 1. The maximum atomic E-state index is 13.7. The van der Waals surface area contributed by atoms with Crippen molar-refractivity contribution in [2.24, 2.45) is 7.05 Å². The number of amides is 1. The number of hydrogen-bond acceptors (Lipinski definition) is 3. The molecule has 0 aliphatic carbocycles. The second-order valence-corrected chi connectivity index (χ2v) is 4.93.